The number of amides is 2. The number of imidazole rings is 1. The Balaban J connectivity index is 1.27. The third-order valence-corrected chi connectivity index (χ3v) is 8.35. The van der Waals surface area contributed by atoms with Crippen molar-refractivity contribution in [1.29, 1.82) is 0 Å². The second-order valence-corrected chi connectivity index (χ2v) is 11.6. The van der Waals surface area contributed by atoms with Gasteiger partial charge in [0, 0.05) is 18.7 Å². The molecule has 40 heavy (non-hydrogen) atoms. The van der Waals surface area contributed by atoms with E-state index in [2.05, 4.69) is 10.3 Å². The number of carbonyl (C=O) groups is 3. The van der Waals surface area contributed by atoms with Gasteiger partial charge in [-0.1, -0.05) is 77.7 Å². The van der Waals surface area contributed by atoms with Gasteiger partial charge in [0.15, 0.2) is 5.16 Å². The van der Waals surface area contributed by atoms with Crippen LogP contribution in [0.2, 0.25) is 0 Å². The van der Waals surface area contributed by atoms with Crippen molar-refractivity contribution in [2.45, 2.75) is 18.5 Å². The van der Waals surface area contributed by atoms with Crippen LogP contribution >= 0.6 is 35.7 Å². The van der Waals surface area contributed by atoms with E-state index >= 15 is 0 Å². The van der Waals surface area contributed by atoms with Crippen LogP contribution in [0.3, 0.4) is 0 Å². The van der Waals surface area contributed by atoms with Crippen molar-refractivity contribution >= 4 is 80.6 Å². The van der Waals surface area contributed by atoms with Crippen molar-refractivity contribution in [1.82, 2.24) is 14.5 Å². The first kappa shape index (κ1) is 27.8. The van der Waals surface area contributed by atoms with Gasteiger partial charge in [-0.05, 0) is 55.0 Å². The molecule has 1 fully saturated rings. The first-order chi connectivity index (χ1) is 19.3. The Bertz CT molecular complexity index is 1650. The average Bonchev–Trinajstić information content (AvgIpc) is 3.44. The smallest absolute Gasteiger partial charge is 0.266 e. The Kier molecular flexibility index (Phi) is 8.43. The molecule has 1 aromatic heterocycles. The molecule has 2 amide bonds. The lowest BCUT2D eigenvalue weighted by Gasteiger charge is -2.15. The number of hydrogen-bond donors (Lipinski definition) is 1. The Morgan fingerprint density at radius 1 is 1.07 bits per heavy atom. The first-order valence-corrected chi connectivity index (χ1v) is 14.5. The number of thioether (sulfide) groups is 2. The number of nitrogens with zero attached hydrogens (tertiary/aromatic N) is 3. The predicted octanol–water partition coefficient (Wildman–Crippen LogP) is 6.15. The molecule has 4 aromatic rings. The minimum absolute atomic E-state index is 0.000253. The maximum Gasteiger partial charge on any atom is 0.266 e. The molecule has 1 N–H and O–H groups in total. The number of benzene rings is 3. The number of nitrogens with one attached hydrogen (secondary N) is 1. The molecule has 3 aromatic carbocycles. The van der Waals surface area contributed by atoms with Crippen molar-refractivity contribution in [2.24, 2.45) is 0 Å². The molecule has 202 valence electrons. The molecule has 0 atom stereocenters. The Morgan fingerprint density at radius 2 is 1.80 bits per heavy atom. The van der Waals surface area contributed by atoms with Gasteiger partial charge in [0.1, 0.15) is 10.1 Å². The molecule has 1 aliphatic heterocycles. The molecule has 0 saturated carbocycles. The first-order valence-electron chi connectivity index (χ1n) is 12.3. The van der Waals surface area contributed by atoms with E-state index in [0.29, 0.717) is 36.7 Å². The van der Waals surface area contributed by atoms with E-state index in [9.17, 15) is 18.8 Å². The number of anilines is 1. The second kappa shape index (κ2) is 12.2. The van der Waals surface area contributed by atoms with E-state index in [1.807, 2.05) is 43.3 Å². The van der Waals surface area contributed by atoms with Crippen molar-refractivity contribution in [3.8, 4) is 0 Å². The molecule has 2 heterocycles. The fourth-order valence-electron chi connectivity index (χ4n) is 4.03. The summed E-state index contributed by atoms with van der Waals surface area (Å²) in [5, 5.41) is 3.25. The van der Waals surface area contributed by atoms with Gasteiger partial charge in [-0.2, -0.15) is 0 Å². The van der Waals surface area contributed by atoms with Gasteiger partial charge in [0.25, 0.3) is 5.91 Å². The Labute approximate surface area is 243 Å². The fourth-order valence-corrected chi connectivity index (χ4v) is 6.16. The third kappa shape index (κ3) is 6.33. The second-order valence-electron chi connectivity index (χ2n) is 8.95. The summed E-state index contributed by atoms with van der Waals surface area (Å²) in [4.78, 5) is 45.4. The van der Waals surface area contributed by atoms with Gasteiger partial charge in [-0.25, -0.2) is 9.37 Å². The number of thiocarbonyl (C=S) groups is 1. The van der Waals surface area contributed by atoms with Crippen molar-refractivity contribution in [2.75, 3.05) is 17.6 Å². The van der Waals surface area contributed by atoms with Crippen molar-refractivity contribution < 1.29 is 18.8 Å². The van der Waals surface area contributed by atoms with Crippen LogP contribution in [0.25, 0.3) is 17.1 Å². The predicted molar refractivity (Wildman–Crippen MR) is 162 cm³/mol. The molecular weight excluding hydrogens is 568 g/mol. The SMILES string of the molecule is Cc1ccc(NC(=O)CSc2nc3ccccc3n2C(=O)CCN2C(=O)/C(=C/c3ccc(F)cc3)SC2=S)cc1. The van der Waals surface area contributed by atoms with Gasteiger partial charge in [-0.15, -0.1) is 0 Å². The van der Waals surface area contributed by atoms with Gasteiger partial charge in [0.2, 0.25) is 11.8 Å². The highest BCUT2D eigenvalue weighted by molar-refractivity contribution is 8.26. The summed E-state index contributed by atoms with van der Waals surface area (Å²) in [5.41, 5.74) is 3.71. The maximum absolute atomic E-state index is 13.5. The molecule has 11 heteroatoms. The lowest BCUT2D eigenvalue weighted by molar-refractivity contribution is -0.122. The van der Waals surface area contributed by atoms with Gasteiger partial charge in [0.05, 0.1) is 21.7 Å². The minimum atomic E-state index is -0.361. The molecule has 7 nitrogen and oxygen atoms in total. The average molecular weight is 591 g/mol. The molecule has 1 saturated heterocycles. The van der Waals surface area contributed by atoms with Gasteiger partial charge >= 0.3 is 0 Å². The number of carbonyl (C=O) groups excluding carboxylic acids is 3. The highest BCUT2D eigenvalue weighted by Crippen LogP contribution is 2.33. The molecule has 5 rings (SSSR count). The summed E-state index contributed by atoms with van der Waals surface area (Å²) in [6, 6.07) is 20.5. The zero-order valence-corrected chi connectivity index (χ0v) is 23.7. The molecule has 1 aliphatic rings. The monoisotopic (exact) mass is 590 g/mol. The molecular formula is C29H23FN4O3S3. The molecule has 0 radical (unpaired) electrons. The number of aromatic nitrogens is 2. The number of halogens is 1. The Hall–Kier alpha value is -3.80. The normalized spacial score (nSPS) is 14.3. The lowest BCUT2D eigenvalue weighted by atomic mass is 10.2. The summed E-state index contributed by atoms with van der Waals surface area (Å²) in [7, 11) is 0. The molecule has 0 spiro atoms. The summed E-state index contributed by atoms with van der Waals surface area (Å²) in [6.45, 7) is 2.06. The maximum atomic E-state index is 13.5. The zero-order valence-electron chi connectivity index (χ0n) is 21.3. The van der Waals surface area contributed by atoms with E-state index in [0.717, 1.165) is 17.3 Å². The van der Waals surface area contributed by atoms with E-state index in [4.69, 9.17) is 12.2 Å². The van der Waals surface area contributed by atoms with E-state index in [1.54, 1.807) is 30.3 Å². The summed E-state index contributed by atoms with van der Waals surface area (Å²) in [6.07, 6.45) is 1.65. The Morgan fingerprint density at radius 3 is 2.55 bits per heavy atom. The van der Waals surface area contributed by atoms with Crippen LogP contribution in [0.15, 0.2) is 82.9 Å². The quantitative estimate of drug-likeness (QED) is 0.150. The van der Waals surface area contributed by atoms with Crippen molar-refractivity contribution in [3.63, 3.8) is 0 Å². The summed E-state index contributed by atoms with van der Waals surface area (Å²) < 4.78 is 15.1. The van der Waals surface area contributed by atoms with Crippen LogP contribution in [-0.2, 0) is 9.59 Å². The van der Waals surface area contributed by atoms with E-state index in [1.165, 1.54) is 33.4 Å². The highest BCUT2D eigenvalue weighted by atomic mass is 32.2. The largest absolute Gasteiger partial charge is 0.325 e. The number of hydrogen-bond acceptors (Lipinski definition) is 7. The number of rotatable bonds is 8. The number of aryl methyl sites for hydroxylation is 1. The van der Waals surface area contributed by atoms with Crippen LogP contribution < -0.4 is 5.32 Å². The van der Waals surface area contributed by atoms with Gasteiger partial charge < -0.3 is 5.32 Å². The highest BCUT2D eigenvalue weighted by Gasteiger charge is 2.32. The van der Waals surface area contributed by atoms with Gasteiger partial charge in [-0.3, -0.25) is 23.9 Å². The molecule has 0 unspecified atom stereocenters. The van der Waals surface area contributed by atoms with Crippen molar-refractivity contribution in [3.05, 3.63) is 94.6 Å². The third-order valence-electron chi connectivity index (χ3n) is 6.04. The van der Waals surface area contributed by atoms with E-state index in [-0.39, 0.29) is 42.3 Å². The fraction of sp³-hybridized carbons (Fsp3) is 0.138. The number of para-hydroxylation sites is 2. The van der Waals surface area contributed by atoms with Crippen LogP contribution in [0, 0.1) is 12.7 Å². The van der Waals surface area contributed by atoms with Crippen LogP contribution in [0.4, 0.5) is 10.1 Å². The zero-order chi connectivity index (χ0) is 28.2. The summed E-state index contributed by atoms with van der Waals surface area (Å²) in [5.74, 6) is -1.09. The van der Waals surface area contributed by atoms with Crippen LogP contribution in [0.1, 0.15) is 22.3 Å². The standard InChI is InChI=1S/C29H23FN4O3S3/c1-18-6-12-21(13-7-18)31-25(35)17-39-28-32-22-4-2-3-5-23(22)34(28)26(36)14-15-33-27(37)24(40-29(33)38)16-19-8-10-20(30)11-9-19/h2-13,16H,14-15,17H2,1H3,(H,31,35)/b24-16-. The van der Waals surface area contributed by atoms with Crippen LogP contribution in [0.5, 0.6) is 0 Å². The molecule has 0 bridgehead atoms. The number of fused-ring (bicyclic) bond motifs is 1. The minimum Gasteiger partial charge on any atom is -0.325 e. The lowest BCUT2D eigenvalue weighted by Crippen LogP contribution is -2.31. The molecule has 0 aliphatic carbocycles. The van der Waals surface area contributed by atoms with Crippen LogP contribution in [-0.4, -0.2) is 48.8 Å². The summed E-state index contributed by atoms with van der Waals surface area (Å²) >= 11 is 7.72. The van der Waals surface area contributed by atoms with E-state index < -0.39 is 0 Å². The topological polar surface area (TPSA) is 84.3 Å².